The maximum Gasteiger partial charge on any atom is 0.175 e. The van der Waals surface area contributed by atoms with Crippen LogP contribution in [0.3, 0.4) is 0 Å². The summed E-state index contributed by atoms with van der Waals surface area (Å²) in [7, 11) is -3.13. The van der Waals surface area contributed by atoms with E-state index in [0.717, 1.165) is 24.4 Å². The Hall–Kier alpha value is -0.740. The van der Waals surface area contributed by atoms with Crippen molar-refractivity contribution in [1.82, 2.24) is 0 Å². The molecule has 0 aromatic heterocycles. The largest absolute Gasteiger partial charge is 0.378 e. The number of anilines is 1. The third-order valence-corrected chi connectivity index (χ3v) is 5.82. The number of alkyl halides is 1. The molecule has 1 aliphatic rings. The van der Waals surface area contributed by atoms with E-state index in [1.807, 2.05) is 12.1 Å². The molecule has 0 unspecified atom stereocenters. The molecule has 3 nitrogen and oxygen atoms in total. The molecule has 5 heteroatoms. The monoisotopic (exact) mass is 315 g/mol. The molecule has 112 valence electrons. The van der Waals surface area contributed by atoms with Crippen LogP contribution in [0.4, 0.5) is 5.69 Å². The molecule has 0 radical (unpaired) electrons. The molecule has 1 aliphatic carbocycles. The number of halogens is 1. The Labute approximate surface area is 126 Å². The molecule has 1 saturated carbocycles. The topological polar surface area (TPSA) is 46.2 Å². The lowest BCUT2D eigenvalue weighted by Crippen LogP contribution is -2.43. The van der Waals surface area contributed by atoms with Crippen molar-refractivity contribution in [1.29, 1.82) is 0 Å². The van der Waals surface area contributed by atoms with Crippen LogP contribution in [-0.2, 0) is 9.84 Å². The Bertz CT molecular complexity index is 546. The number of hydrogen-bond donors (Lipinski definition) is 1. The molecule has 0 atom stereocenters. The van der Waals surface area contributed by atoms with E-state index in [2.05, 4.69) is 12.2 Å². The predicted octanol–water partition coefficient (Wildman–Crippen LogP) is 3.69. The van der Waals surface area contributed by atoms with Crippen LogP contribution in [0.25, 0.3) is 0 Å². The van der Waals surface area contributed by atoms with Crippen LogP contribution in [0.2, 0.25) is 0 Å². The lowest BCUT2D eigenvalue weighted by molar-refractivity contribution is 0.287. The minimum atomic E-state index is -3.13. The summed E-state index contributed by atoms with van der Waals surface area (Å²) in [6, 6.07) is 6.93. The van der Waals surface area contributed by atoms with Crippen LogP contribution < -0.4 is 5.32 Å². The van der Waals surface area contributed by atoms with E-state index in [9.17, 15) is 8.42 Å². The number of sulfone groups is 1. The Morgan fingerprint density at radius 3 is 2.25 bits per heavy atom. The van der Waals surface area contributed by atoms with Gasteiger partial charge in [-0.25, -0.2) is 8.42 Å². The molecule has 2 rings (SSSR count). The van der Waals surface area contributed by atoms with Crippen molar-refractivity contribution in [3.63, 3.8) is 0 Å². The van der Waals surface area contributed by atoms with Gasteiger partial charge in [-0.2, -0.15) is 0 Å². The van der Waals surface area contributed by atoms with Crippen LogP contribution in [0, 0.1) is 5.92 Å². The first-order valence-corrected chi connectivity index (χ1v) is 9.41. The minimum Gasteiger partial charge on any atom is -0.378 e. The van der Waals surface area contributed by atoms with Crippen LogP contribution in [0.5, 0.6) is 0 Å². The van der Waals surface area contributed by atoms with Crippen LogP contribution in [0.15, 0.2) is 29.2 Å². The normalized spacial score (nSPS) is 27.2. The van der Waals surface area contributed by atoms with Crippen LogP contribution in [-0.4, -0.2) is 26.1 Å². The first-order chi connectivity index (χ1) is 9.35. The molecular weight excluding hydrogens is 294 g/mol. The van der Waals surface area contributed by atoms with Gasteiger partial charge in [0, 0.05) is 17.8 Å². The van der Waals surface area contributed by atoms with Crippen molar-refractivity contribution >= 4 is 27.1 Å². The molecule has 1 N–H and O–H groups in total. The average Bonchev–Trinajstić information content (AvgIpc) is 2.41. The Balaban J connectivity index is 2.12. The molecule has 1 fully saturated rings. The fourth-order valence-corrected chi connectivity index (χ4v) is 3.66. The zero-order valence-corrected chi connectivity index (χ0v) is 13.6. The third kappa shape index (κ3) is 3.67. The van der Waals surface area contributed by atoms with Gasteiger partial charge in [0.15, 0.2) is 9.84 Å². The highest BCUT2D eigenvalue weighted by molar-refractivity contribution is 7.90. The van der Waals surface area contributed by atoms with E-state index in [1.54, 1.807) is 12.1 Å². The molecule has 0 amide bonds. The molecule has 1 aromatic carbocycles. The fraction of sp³-hybridized carbons (Fsp3) is 0.600. The van der Waals surface area contributed by atoms with Gasteiger partial charge in [0.2, 0.25) is 0 Å². The van der Waals surface area contributed by atoms with Gasteiger partial charge in [-0.05, 0) is 55.9 Å². The van der Waals surface area contributed by atoms with Crippen molar-refractivity contribution in [2.75, 3.05) is 17.5 Å². The first-order valence-electron chi connectivity index (χ1n) is 6.99. The quantitative estimate of drug-likeness (QED) is 0.862. The molecule has 0 bridgehead atoms. The highest BCUT2D eigenvalue weighted by atomic mass is 35.5. The zero-order chi connectivity index (χ0) is 14.8. The molecule has 1 aromatic rings. The summed E-state index contributed by atoms with van der Waals surface area (Å²) >= 11 is 6.18. The van der Waals surface area contributed by atoms with Gasteiger partial charge >= 0.3 is 0 Å². The van der Waals surface area contributed by atoms with E-state index in [4.69, 9.17) is 11.6 Å². The highest BCUT2D eigenvalue weighted by Crippen LogP contribution is 2.35. The van der Waals surface area contributed by atoms with Crippen LogP contribution >= 0.6 is 11.6 Å². The van der Waals surface area contributed by atoms with Gasteiger partial charge < -0.3 is 5.32 Å². The molecule has 0 aliphatic heterocycles. The van der Waals surface area contributed by atoms with Gasteiger partial charge in [-0.15, -0.1) is 11.6 Å². The van der Waals surface area contributed by atoms with Crippen molar-refractivity contribution in [3.8, 4) is 0 Å². The van der Waals surface area contributed by atoms with Crippen molar-refractivity contribution in [2.24, 2.45) is 5.92 Å². The Morgan fingerprint density at radius 1 is 1.25 bits per heavy atom. The summed E-state index contributed by atoms with van der Waals surface area (Å²) < 4.78 is 22.9. The SMILES string of the molecule is CC1CCC(CCl)(Nc2ccc(S(C)(=O)=O)cc2)CC1. The second-order valence-corrected chi connectivity index (χ2v) is 8.30. The van der Waals surface area contributed by atoms with Crippen LogP contribution in [0.1, 0.15) is 32.6 Å². The molecule has 0 saturated heterocycles. The second kappa shape index (κ2) is 5.94. The van der Waals surface area contributed by atoms with Gasteiger partial charge in [0.1, 0.15) is 0 Å². The van der Waals surface area contributed by atoms with Gasteiger partial charge in [0.05, 0.1) is 10.4 Å². The maximum atomic E-state index is 11.4. The first kappa shape index (κ1) is 15.6. The smallest absolute Gasteiger partial charge is 0.175 e. The summed E-state index contributed by atoms with van der Waals surface area (Å²) in [6.45, 7) is 2.28. The number of benzene rings is 1. The zero-order valence-electron chi connectivity index (χ0n) is 12.0. The number of rotatable bonds is 4. The van der Waals surface area contributed by atoms with E-state index < -0.39 is 9.84 Å². The van der Waals surface area contributed by atoms with E-state index in [1.165, 1.54) is 19.1 Å². The molecule has 20 heavy (non-hydrogen) atoms. The second-order valence-electron chi connectivity index (χ2n) is 6.02. The third-order valence-electron chi connectivity index (χ3n) is 4.18. The fourth-order valence-electron chi connectivity index (χ4n) is 2.70. The summed E-state index contributed by atoms with van der Waals surface area (Å²) in [5.41, 5.74) is 0.883. The summed E-state index contributed by atoms with van der Waals surface area (Å²) in [5, 5.41) is 3.52. The highest BCUT2D eigenvalue weighted by Gasteiger charge is 2.33. The van der Waals surface area contributed by atoms with Crippen molar-refractivity contribution in [2.45, 2.75) is 43.0 Å². The predicted molar refractivity (Wildman–Crippen MR) is 84.3 cm³/mol. The van der Waals surface area contributed by atoms with Gasteiger partial charge in [-0.3, -0.25) is 0 Å². The summed E-state index contributed by atoms with van der Waals surface area (Å²) in [5.74, 6) is 1.34. The van der Waals surface area contributed by atoms with Crippen molar-refractivity contribution in [3.05, 3.63) is 24.3 Å². The van der Waals surface area contributed by atoms with E-state index in [-0.39, 0.29) is 5.54 Å². The Morgan fingerprint density at radius 2 is 1.80 bits per heavy atom. The van der Waals surface area contributed by atoms with E-state index in [0.29, 0.717) is 10.8 Å². The van der Waals surface area contributed by atoms with Crippen molar-refractivity contribution < 1.29 is 8.42 Å². The standard InChI is InChI=1S/C15H22ClNO2S/c1-12-7-9-15(11-16,10-8-12)17-13-3-5-14(6-4-13)20(2,18)19/h3-6,12,17H,7-11H2,1-2H3. The lowest BCUT2D eigenvalue weighted by atomic mass is 9.78. The average molecular weight is 316 g/mol. The lowest BCUT2D eigenvalue weighted by Gasteiger charge is -2.39. The summed E-state index contributed by atoms with van der Waals surface area (Å²) in [4.78, 5) is 0.347. The van der Waals surface area contributed by atoms with E-state index >= 15 is 0 Å². The number of nitrogens with one attached hydrogen (secondary N) is 1. The molecule has 0 heterocycles. The minimum absolute atomic E-state index is 0.0549. The number of hydrogen-bond acceptors (Lipinski definition) is 3. The maximum absolute atomic E-state index is 11.4. The van der Waals surface area contributed by atoms with Gasteiger partial charge in [-0.1, -0.05) is 6.92 Å². The molecular formula is C15H22ClNO2S. The summed E-state index contributed by atoms with van der Waals surface area (Å²) in [6.07, 6.45) is 5.71. The van der Waals surface area contributed by atoms with Gasteiger partial charge in [0.25, 0.3) is 0 Å². The Kier molecular flexibility index (Phi) is 4.65. The molecule has 0 spiro atoms.